The maximum atomic E-state index is 11.2. The van der Waals surface area contributed by atoms with E-state index >= 15 is 0 Å². The molecule has 2 aromatic carbocycles. The Morgan fingerprint density at radius 3 is 2.50 bits per heavy atom. The van der Waals surface area contributed by atoms with Gasteiger partial charge >= 0.3 is 0 Å². The summed E-state index contributed by atoms with van der Waals surface area (Å²) in [5.74, 6) is 0.703. The molecule has 0 saturated carbocycles. The van der Waals surface area contributed by atoms with Crippen molar-refractivity contribution in [3.63, 3.8) is 0 Å². The lowest BCUT2D eigenvalue weighted by Gasteiger charge is -1.98. The maximum Gasteiger partial charge on any atom is 0.277 e. The van der Waals surface area contributed by atoms with E-state index in [1.807, 2.05) is 48.7 Å². The van der Waals surface area contributed by atoms with Crippen LogP contribution in [0.5, 0.6) is 0 Å². The Morgan fingerprint density at radius 1 is 1.07 bits per heavy atom. The molecule has 8 heteroatoms. The Bertz CT molecular complexity index is 1100. The zero-order chi connectivity index (χ0) is 19.5. The van der Waals surface area contributed by atoms with Crippen LogP contribution in [-0.2, 0) is 5.75 Å². The van der Waals surface area contributed by atoms with Crippen molar-refractivity contribution >= 4 is 29.0 Å². The molecule has 0 aliphatic carbocycles. The van der Waals surface area contributed by atoms with Gasteiger partial charge in [0, 0.05) is 27.8 Å². The molecule has 0 spiro atoms. The highest BCUT2D eigenvalue weighted by molar-refractivity contribution is 7.98. The lowest BCUT2D eigenvalue weighted by atomic mass is 10.1. The number of thiazole rings is 1. The third-order valence-corrected chi connectivity index (χ3v) is 5.81. The van der Waals surface area contributed by atoms with Gasteiger partial charge in [-0.2, -0.15) is 0 Å². The van der Waals surface area contributed by atoms with Crippen LogP contribution < -0.4 is 5.73 Å². The first-order valence-electron chi connectivity index (χ1n) is 8.46. The van der Waals surface area contributed by atoms with Gasteiger partial charge in [0.15, 0.2) is 0 Å². The lowest BCUT2D eigenvalue weighted by molar-refractivity contribution is 0.100. The van der Waals surface area contributed by atoms with Crippen molar-refractivity contribution in [2.24, 2.45) is 5.73 Å². The highest BCUT2D eigenvalue weighted by Crippen LogP contribution is 2.29. The number of primary amides is 1. The molecule has 28 heavy (non-hydrogen) atoms. The average molecular weight is 409 g/mol. The minimum atomic E-state index is -0.438. The average Bonchev–Trinajstić information content (AvgIpc) is 3.37. The second-order valence-electron chi connectivity index (χ2n) is 6.11. The number of thioether (sulfide) groups is 1. The molecular weight excluding hydrogens is 392 g/mol. The molecule has 1 amide bonds. The number of nitrogens with two attached hydrogens (primary N) is 1. The molecule has 0 unspecified atom stereocenters. The number of hydrogen-bond acceptors (Lipinski definition) is 7. The standard InChI is InChI=1S/C20H16N4O2S2/c1-12-2-4-14(5-3-12)18-23-24-20(26-18)28-11-16-10-27-19(22-16)15-8-6-13(7-9-15)17(21)25/h2-10H,11H2,1H3,(H2,21,25). The van der Waals surface area contributed by atoms with Gasteiger partial charge in [0.05, 0.1) is 5.69 Å². The van der Waals surface area contributed by atoms with Gasteiger partial charge in [-0.05, 0) is 31.2 Å². The molecule has 0 aliphatic rings. The number of nitrogens with zero attached hydrogens (tertiary/aromatic N) is 3. The van der Waals surface area contributed by atoms with E-state index in [4.69, 9.17) is 10.2 Å². The van der Waals surface area contributed by atoms with Crippen LogP contribution in [-0.4, -0.2) is 21.1 Å². The number of amides is 1. The fraction of sp³-hybridized carbons (Fsp3) is 0.100. The number of aryl methyl sites for hydroxylation is 1. The normalized spacial score (nSPS) is 10.9. The van der Waals surface area contributed by atoms with Crippen LogP contribution in [0.2, 0.25) is 0 Å². The zero-order valence-corrected chi connectivity index (χ0v) is 16.6. The van der Waals surface area contributed by atoms with Crippen LogP contribution in [0.25, 0.3) is 22.0 Å². The summed E-state index contributed by atoms with van der Waals surface area (Å²) in [7, 11) is 0. The predicted octanol–water partition coefficient (Wildman–Crippen LogP) is 4.56. The smallest absolute Gasteiger partial charge is 0.277 e. The quantitative estimate of drug-likeness (QED) is 0.470. The minimum Gasteiger partial charge on any atom is -0.411 e. The van der Waals surface area contributed by atoms with Crippen LogP contribution in [0, 0.1) is 6.92 Å². The second-order valence-corrected chi connectivity index (χ2v) is 7.90. The van der Waals surface area contributed by atoms with Crippen molar-refractivity contribution in [2.75, 3.05) is 0 Å². The summed E-state index contributed by atoms with van der Waals surface area (Å²) in [6.45, 7) is 2.03. The molecular formula is C20H16N4O2S2. The van der Waals surface area contributed by atoms with Crippen LogP contribution >= 0.6 is 23.1 Å². The van der Waals surface area contributed by atoms with Crippen LogP contribution in [0.15, 0.2) is 63.6 Å². The van der Waals surface area contributed by atoms with Gasteiger partial charge in [0.1, 0.15) is 5.01 Å². The summed E-state index contributed by atoms with van der Waals surface area (Å²) in [6.07, 6.45) is 0. The topological polar surface area (TPSA) is 94.9 Å². The van der Waals surface area contributed by atoms with Crippen LogP contribution in [0.3, 0.4) is 0 Å². The Labute approximate surface area is 169 Å². The summed E-state index contributed by atoms with van der Waals surface area (Å²) in [6, 6.07) is 15.1. The molecule has 0 saturated heterocycles. The third kappa shape index (κ3) is 4.13. The van der Waals surface area contributed by atoms with Crippen molar-refractivity contribution in [2.45, 2.75) is 17.9 Å². The lowest BCUT2D eigenvalue weighted by Crippen LogP contribution is -2.10. The largest absolute Gasteiger partial charge is 0.411 e. The van der Waals surface area contributed by atoms with Crippen molar-refractivity contribution in [1.82, 2.24) is 15.2 Å². The van der Waals surface area contributed by atoms with Crippen LogP contribution in [0.4, 0.5) is 0 Å². The van der Waals surface area contributed by atoms with E-state index in [9.17, 15) is 4.79 Å². The Morgan fingerprint density at radius 2 is 1.79 bits per heavy atom. The first-order valence-corrected chi connectivity index (χ1v) is 10.3. The molecule has 0 bridgehead atoms. The number of rotatable bonds is 6. The van der Waals surface area contributed by atoms with E-state index in [1.54, 1.807) is 23.5 Å². The first kappa shape index (κ1) is 18.4. The summed E-state index contributed by atoms with van der Waals surface area (Å²) in [4.78, 5) is 15.8. The van der Waals surface area contributed by atoms with Crippen molar-refractivity contribution in [3.05, 3.63) is 70.7 Å². The predicted molar refractivity (Wildman–Crippen MR) is 110 cm³/mol. The van der Waals surface area contributed by atoms with Gasteiger partial charge in [0.2, 0.25) is 11.8 Å². The fourth-order valence-electron chi connectivity index (χ4n) is 2.50. The van der Waals surface area contributed by atoms with Crippen molar-refractivity contribution < 1.29 is 9.21 Å². The van der Waals surface area contributed by atoms with Crippen LogP contribution in [0.1, 0.15) is 21.6 Å². The van der Waals surface area contributed by atoms with E-state index < -0.39 is 5.91 Å². The molecule has 6 nitrogen and oxygen atoms in total. The molecule has 0 aliphatic heterocycles. The van der Waals surface area contributed by atoms with Gasteiger partial charge < -0.3 is 10.2 Å². The molecule has 2 N–H and O–H groups in total. The van der Waals surface area contributed by atoms with Gasteiger partial charge in [-0.25, -0.2) is 4.98 Å². The summed E-state index contributed by atoms with van der Waals surface area (Å²) >= 11 is 3.00. The highest BCUT2D eigenvalue weighted by Gasteiger charge is 2.11. The monoisotopic (exact) mass is 408 g/mol. The first-order chi connectivity index (χ1) is 13.6. The molecule has 4 aromatic rings. The molecule has 2 aromatic heterocycles. The van der Waals surface area contributed by atoms with Gasteiger partial charge in [0.25, 0.3) is 5.22 Å². The van der Waals surface area contributed by atoms with Gasteiger partial charge in [-0.3, -0.25) is 4.79 Å². The maximum absolute atomic E-state index is 11.2. The van der Waals surface area contributed by atoms with E-state index in [2.05, 4.69) is 15.2 Å². The minimum absolute atomic E-state index is 0.438. The number of hydrogen-bond donors (Lipinski definition) is 1. The van der Waals surface area contributed by atoms with E-state index in [-0.39, 0.29) is 0 Å². The summed E-state index contributed by atoms with van der Waals surface area (Å²) in [5.41, 5.74) is 9.72. The van der Waals surface area contributed by atoms with Gasteiger partial charge in [-0.1, -0.05) is 41.6 Å². The Kier molecular flexibility index (Phi) is 5.23. The molecule has 0 radical (unpaired) electrons. The number of carbonyl (C=O) groups excluding carboxylic acids is 1. The molecule has 140 valence electrons. The third-order valence-electron chi connectivity index (χ3n) is 4.02. The van der Waals surface area contributed by atoms with E-state index in [0.717, 1.165) is 21.8 Å². The van der Waals surface area contributed by atoms with E-state index in [0.29, 0.717) is 22.4 Å². The highest BCUT2D eigenvalue weighted by atomic mass is 32.2. The van der Waals surface area contributed by atoms with Gasteiger partial charge in [-0.15, -0.1) is 21.5 Å². The molecule has 0 fully saturated rings. The summed E-state index contributed by atoms with van der Waals surface area (Å²) < 4.78 is 5.73. The SMILES string of the molecule is Cc1ccc(-c2nnc(SCc3csc(-c4ccc(C(N)=O)cc4)n3)o2)cc1. The summed E-state index contributed by atoms with van der Waals surface area (Å²) in [5, 5.41) is 11.6. The van der Waals surface area contributed by atoms with Crippen molar-refractivity contribution in [3.8, 4) is 22.0 Å². The molecule has 2 heterocycles. The Balaban J connectivity index is 1.41. The Hall–Kier alpha value is -2.97. The second kappa shape index (κ2) is 7.95. The molecule has 4 rings (SSSR count). The number of carbonyl (C=O) groups is 1. The number of benzene rings is 2. The number of aromatic nitrogens is 3. The molecule has 0 atom stereocenters. The fourth-order valence-corrected chi connectivity index (χ4v) is 4.09. The van der Waals surface area contributed by atoms with Crippen molar-refractivity contribution in [1.29, 1.82) is 0 Å². The van der Waals surface area contributed by atoms with E-state index in [1.165, 1.54) is 17.3 Å². The zero-order valence-electron chi connectivity index (χ0n) is 15.0.